The highest BCUT2D eigenvalue weighted by Crippen LogP contribution is 2.36. The highest BCUT2D eigenvalue weighted by Gasteiger charge is 2.34. The number of methoxy groups -OCH3 is 1. The zero-order valence-corrected chi connectivity index (χ0v) is 17.1. The summed E-state index contributed by atoms with van der Waals surface area (Å²) < 4.78 is 6.19. The van der Waals surface area contributed by atoms with E-state index in [1.54, 1.807) is 0 Å². The smallest absolute Gasteiger partial charge is 0.0704 e. The molecule has 140 valence electrons. The van der Waals surface area contributed by atoms with Crippen molar-refractivity contribution in [3.05, 3.63) is 0 Å². The van der Waals surface area contributed by atoms with Crippen molar-refractivity contribution in [3.63, 3.8) is 0 Å². The fourth-order valence-electron chi connectivity index (χ4n) is 3.87. The van der Waals surface area contributed by atoms with Gasteiger partial charge in [-0.2, -0.15) is 0 Å². The Morgan fingerprint density at radius 2 is 1.09 bits per heavy atom. The maximum atomic E-state index is 6.19. The maximum Gasteiger partial charge on any atom is 0.0704 e. The van der Waals surface area contributed by atoms with Gasteiger partial charge in [0.05, 0.1) is 5.60 Å². The Morgan fingerprint density at radius 1 is 0.652 bits per heavy atom. The number of hydrogen-bond donors (Lipinski definition) is 0. The lowest BCUT2D eigenvalue weighted by atomic mass is 9.77. The molecule has 1 unspecified atom stereocenters. The Labute approximate surface area is 148 Å². The highest BCUT2D eigenvalue weighted by atomic mass is 16.5. The molecule has 0 aromatic rings. The van der Waals surface area contributed by atoms with E-state index in [0.29, 0.717) is 5.92 Å². The van der Waals surface area contributed by atoms with Gasteiger partial charge in [0, 0.05) is 7.11 Å². The summed E-state index contributed by atoms with van der Waals surface area (Å²) in [5, 5.41) is 0. The first-order valence-electron chi connectivity index (χ1n) is 10.7. The van der Waals surface area contributed by atoms with E-state index < -0.39 is 0 Å². The number of ether oxygens (including phenoxy) is 1. The third kappa shape index (κ3) is 10.4. The zero-order valence-electron chi connectivity index (χ0n) is 17.1. The van der Waals surface area contributed by atoms with Crippen LogP contribution < -0.4 is 0 Å². The molecule has 1 atom stereocenters. The van der Waals surface area contributed by atoms with Crippen LogP contribution in [-0.2, 0) is 4.74 Å². The minimum atomic E-state index is 0.147. The van der Waals surface area contributed by atoms with Crippen LogP contribution in [0, 0.1) is 5.92 Å². The molecule has 0 heterocycles. The Kier molecular flexibility index (Phi) is 15.5. The topological polar surface area (TPSA) is 9.23 Å². The van der Waals surface area contributed by atoms with Crippen LogP contribution in [0.5, 0.6) is 0 Å². The fourth-order valence-corrected chi connectivity index (χ4v) is 3.87. The first kappa shape index (κ1) is 23.0. The third-order valence-corrected chi connectivity index (χ3v) is 5.70. The van der Waals surface area contributed by atoms with Crippen molar-refractivity contribution in [2.45, 2.75) is 130 Å². The van der Waals surface area contributed by atoms with E-state index in [2.05, 4.69) is 27.7 Å². The lowest BCUT2D eigenvalue weighted by Crippen LogP contribution is -2.39. The lowest BCUT2D eigenvalue weighted by molar-refractivity contribution is -0.0720. The molecule has 0 radical (unpaired) electrons. The molecule has 0 N–H and O–H groups in total. The summed E-state index contributed by atoms with van der Waals surface area (Å²) in [6, 6.07) is 0. The molecule has 0 aromatic heterocycles. The van der Waals surface area contributed by atoms with Crippen LogP contribution in [0.4, 0.5) is 0 Å². The normalized spacial score (nSPS) is 13.4. The summed E-state index contributed by atoms with van der Waals surface area (Å²) in [5.74, 6) is 0.701. The molecule has 0 aliphatic heterocycles. The molecule has 0 fully saturated rings. The second kappa shape index (κ2) is 15.5. The molecule has 1 nitrogen and oxygen atoms in total. The summed E-state index contributed by atoms with van der Waals surface area (Å²) in [6.45, 7) is 9.34. The van der Waals surface area contributed by atoms with Crippen molar-refractivity contribution < 1.29 is 4.74 Å². The predicted octanol–water partition coefficient (Wildman–Crippen LogP) is 7.92. The molecule has 0 aliphatic rings. The van der Waals surface area contributed by atoms with Crippen LogP contribution in [0.15, 0.2) is 0 Å². The van der Waals surface area contributed by atoms with Crippen LogP contribution in [0.2, 0.25) is 0 Å². The standard InChI is InChI=1S/C22H46O/c1-6-9-12-13-14-15-18-21(4)22(23-5,19-16-10-7-2)20-17-11-8-3/h21H,6-20H2,1-5H3. The molecule has 0 rings (SSSR count). The SMILES string of the molecule is CCCCCCCCC(C)C(CCCCC)(CCCCC)OC. The van der Waals surface area contributed by atoms with Crippen LogP contribution in [0.1, 0.15) is 124 Å². The molecule has 0 aromatic carbocycles. The summed E-state index contributed by atoms with van der Waals surface area (Å²) in [6.07, 6.45) is 20.2. The molecule has 0 bridgehead atoms. The average molecular weight is 327 g/mol. The van der Waals surface area contributed by atoms with E-state index in [4.69, 9.17) is 4.74 Å². The van der Waals surface area contributed by atoms with Gasteiger partial charge in [-0.15, -0.1) is 0 Å². The first-order chi connectivity index (χ1) is 11.2. The largest absolute Gasteiger partial charge is 0.378 e. The molecule has 0 saturated heterocycles. The third-order valence-electron chi connectivity index (χ3n) is 5.70. The van der Waals surface area contributed by atoms with Crippen molar-refractivity contribution in [1.29, 1.82) is 0 Å². The second-order valence-corrected chi connectivity index (χ2v) is 7.64. The molecule has 1 heteroatoms. The van der Waals surface area contributed by atoms with E-state index in [-0.39, 0.29) is 5.60 Å². The average Bonchev–Trinajstić information content (AvgIpc) is 2.56. The van der Waals surface area contributed by atoms with E-state index >= 15 is 0 Å². The van der Waals surface area contributed by atoms with Gasteiger partial charge in [-0.3, -0.25) is 0 Å². The first-order valence-corrected chi connectivity index (χ1v) is 10.7. The van der Waals surface area contributed by atoms with Crippen molar-refractivity contribution in [2.24, 2.45) is 5.92 Å². The lowest BCUT2D eigenvalue weighted by Gasteiger charge is -2.39. The van der Waals surface area contributed by atoms with Crippen molar-refractivity contribution in [1.82, 2.24) is 0 Å². The predicted molar refractivity (Wildman–Crippen MR) is 105 cm³/mol. The maximum absolute atomic E-state index is 6.19. The van der Waals surface area contributed by atoms with Gasteiger partial charge >= 0.3 is 0 Å². The van der Waals surface area contributed by atoms with Gasteiger partial charge in [0.25, 0.3) is 0 Å². The van der Waals surface area contributed by atoms with E-state index in [1.807, 2.05) is 7.11 Å². The monoisotopic (exact) mass is 326 g/mol. The number of rotatable bonds is 17. The van der Waals surface area contributed by atoms with Crippen molar-refractivity contribution in [2.75, 3.05) is 7.11 Å². The summed E-state index contributed by atoms with van der Waals surface area (Å²) in [4.78, 5) is 0. The van der Waals surface area contributed by atoms with Crippen LogP contribution in [0.25, 0.3) is 0 Å². The van der Waals surface area contributed by atoms with Gasteiger partial charge in [0.15, 0.2) is 0 Å². The van der Waals surface area contributed by atoms with Gasteiger partial charge in [0.1, 0.15) is 0 Å². The van der Waals surface area contributed by atoms with Gasteiger partial charge in [-0.25, -0.2) is 0 Å². The van der Waals surface area contributed by atoms with Crippen molar-refractivity contribution in [3.8, 4) is 0 Å². The quantitative estimate of drug-likeness (QED) is 0.247. The van der Waals surface area contributed by atoms with E-state index in [9.17, 15) is 0 Å². The zero-order chi connectivity index (χ0) is 17.4. The van der Waals surface area contributed by atoms with Crippen LogP contribution >= 0.6 is 0 Å². The second-order valence-electron chi connectivity index (χ2n) is 7.64. The fraction of sp³-hybridized carbons (Fsp3) is 1.00. The Balaban J connectivity index is 4.36. The van der Waals surface area contributed by atoms with Gasteiger partial charge in [-0.1, -0.05) is 105 Å². The molecule has 0 spiro atoms. The summed E-state index contributed by atoms with van der Waals surface area (Å²) >= 11 is 0. The van der Waals surface area contributed by atoms with E-state index in [1.165, 1.54) is 96.3 Å². The summed E-state index contributed by atoms with van der Waals surface area (Å²) in [5.41, 5.74) is 0.147. The van der Waals surface area contributed by atoms with Crippen LogP contribution in [0.3, 0.4) is 0 Å². The van der Waals surface area contributed by atoms with Gasteiger partial charge < -0.3 is 4.74 Å². The van der Waals surface area contributed by atoms with Crippen molar-refractivity contribution >= 4 is 0 Å². The Bertz CT molecular complexity index is 226. The molecular formula is C22H46O. The number of unbranched alkanes of at least 4 members (excludes halogenated alkanes) is 9. The van der Waals surface area contributed by atoms with Gasteiger partial charge in [0.2, 0.25) is 0 Å². The molecule has 23 heavy (non-hydrogen) atoms. The molecule has 0 amide bonds. The van der Waals surface area contributed by atoms with E-state index in [0.717, 1.165) is 0 Å². The molecule has 0 aliphatic carbocycles. The van der Waals surface area contributed by atoms with Crippen LogP contribution in [-0.4, -0.2) is 12.7 Å². The number of hydrogen-bond acceptors (Lipinski definition) is 1. The summed E-state index contributed by atoms with van der Waals surface area (Å²) in [7, 11) is 1.97. The highest BCUT2D eigenvalue weighted by molar-refractivity contribution is 4.86. The molecule has 0 saturated carbocycles. The van der Waals surface area contributed by atoms with Gasteiger partial charge in [-0.05, 0) is 25.2 Å². The Morgan fingerprint density at radius 3 is 1.57 bits per heavy atom. The minimum Gasteiger partial charge on any atom is -0.378 e. The molecular weight excluding hydrogens is 280 g/mol. The Hall–Kier alpha value is -0.0400. The minimum absolute atomic E-state index is 0.147.